The lowest BCUT2D eigenvalue weighted by atomic mass is 10.1. The van der Waals surface area contributed by atoms with Gasteiger partial charge in [-0.3, -0.25) is 4.79 Å². The van der Waals surface area contributed by atoms with Gasteiger partial charge in [0, 0.05) is 24.0 Å². The number of anilines is 2. The van der Waals surface area contributed by atoms with Crippen LogP contribution >= 0.6 is 0 Å². The molecule has 1 heterocycles. The first kappa shape index (κ1) is 13.1. The van der Waals surface area contributed by atoms with E-state index >= 15 is 0 Å². The van der Waals surface area contributed by atoms with Crippen molar-refractivity contribution >= 4 is 17.3 Å². The molecule has 19 heavy (non-hydrogen) atoms. The molecule has 0 bridgehead atoms. The Kier molecular flexibility index (Phi) is 4.18. The molecule has 0 atom stereocenters. The highest BCUT2D eigenvalue weighted by molar-refractivity contribution is 5.91. The molecular weight excluding hydrogens is 240 g/mol. The molecule has 3 N–H and O–H groups in total. The Balaban J connectivity index is 2.06. The van der Waals surface area contributed by atoms with Crippen molar-refractivity contribution in [2.75, 3.05) is 10.6 Å². The molecule has 0 aliphatic carbocycles. The number of amides is 1. The van der Waals surface area contributed by atoms with Gasteiger partial charge in [-0.2, -0.15) is 0 Å². The molecule has 5 heteroatoms. The summed E-state index contributed by atoms with van der Waals surface area (Å²) in [7, 11) is 0. The third kappa shape index (κ3) is 3.58. The lowest BCUT2D eigenvalue weighted by molar-refractivity contribution is -0.115. The maximum atomic E-state index is 11.4. The normalized spacial score (nSPS) is 10.2. The Morgan fingerprint density at radius 1 is 1.42 bits per heavy atom. The number of imidazole rings is 1. The van der Waals surface area contributed by atoms with Crippen LogP contribution in [0.1, 0.15) is 24.6 Å². The standard InChI is InChI=1S/C14H18N4O/c1-3-14(19)18-11-5-4-10(2)13(6-11)16-8-12-7-15-9-17-12/h4-7,9,16H,3,8H2,1-2H3,(H,15,17)(H,18,19). The molecule has 1 aromatic carbocycles. The van der Waals surface area contributed by atoms with Crippen LogP contribution in [0.2, 0.25) is 0 Å². The molecule has 0 unspecified atom stereocenters. The van der Waals surface area contributed by atoms with Crippen LogP contribution in [0.15, 0.2) is 30.7 Å². The zero-order chi connectivity index (χ0) is 13.7. The maximum Gasteiger partial charge on any atom is 0.224 e. The first-order valence-corrected chi connectivity index (χ1v) is 6.30. The monoisotopic (exact) mass is 258 g/mol. The molecule has 0 aliphatic rings. The predicted molar refractivity (Wildman–Crippen MR) is 76.0 cm³/mol. The highest BCUT2D eigenvalue weighted by Gasteiger charge is 2.03. The number of aromatic amines is 1. The van der Waals surface area contributed by atoms with E-state index in [1.807, 2.05) is 32.0 Å². The molecule has 2 aromatic rings. The van der Waals surface area contributed by atoms with Crippen molar-refractivity contribution < 1.29 is 4.79 Å². The molecule has 2 rings (SSSR count). The van der Waals surface area contributed by atoms with Gasteiger partial charge in [0.1, 0.15) is 0 Å². The number of carbonyl (C=O) groups is 1. The molecule has 0 saturated carbocycles. The number of aryl methyl sites for hydroxylation is 1. The minimum Gasteiger partial charge on any atom is -0.379 e. The van der Waals surface area contributed by atoms with Crippen LogP contribution in [0.3, 0.4) is 0 Å². The van der Waals surface area contributed by atoms with Gasteiger partial charge in [-0.05, 0) is 24.6 Å². The highest BCUT2D eigenvalue weighted by Crippen LogP contribution is 2.21. The number of nitrogens with one attached hydrogen (secondary N) is 3. The fourth-order valence-electron chi connectivity index (χ4n) is 1.71. The van der Waals surface area contributed by atoms with Crippen LogP contribution in [0.5, 0.6) is 0 Å². The second-order valence-corrected chi connectivity index (χ2v) is 4.36. The molecule has 0 fully saturated rings. The Bertz CT molecular complexity index is 549. The van der Waals surface area contributed by atoms with Gasteiger partial charge in [0.05, 0.1) is 18.6 Å². The summed E-state index contributed by atoms with van der Waals surface area (Å²) >= 11 is 0. The van der Waals surface area contributed by atoms with E-state index in [1.165, 1.54) is 0 Å². The van der Waals surface area contributed by atoms with Crippen LogP contribution in [0, 0.1) is 6.92 Å². The zero-order valence-electron chi connectivity index (χ0n) is 11.2. The predicted octanol–water partition coefficient (Wildman–Crippen LogP) is 2.68. The van der Waals surface area contributed by atoms with Crippen LogP contribution in [-0.2, 0) is 11.3 Å². The van der Waals surface area contributed by atoms with E-state index in [4.69, 9.17) is 0 Å². The highest BCUT2D eigenvalue weighted by atomic mass is 16.1. The van der Waals surface area contributed by atoms with Gasteiger partial charge < -0.3 is 15.6 Å². The second-order valence-electron chi connectivity index (χ2n) is 4.36. The second kappa shape index (κ2) is 6.04. The number of H-pyrrole nitrogens is 1. The molecule has 0 aliphatic heterocycles. The van der Waals surface area contributed by atoms with Crippen LogP contribution in [-0.4, -0.2) is 15.9 Å². The molecule has 100 valence electrons. The van der Waals surface area contributed by atoms with Gasteiger partial charge in [0.25, 0.3) is 0 Å². The quantitative estimate of drug-likeness (QED) is 0.772. The molecule has 5 nitrogen and oxygen atoms in total. The van der Waals surface area contributed by atoms with Crippen LogP contribution < -0.4 is 10.6 Å². The third-order valence-electron chi connectivity index (χ3n) is 2.87. The molecular formula is C14H18N4O. The Morgan fingerprint density at radius 2 is 2.26 bits per heavy atom. The van der Waals surface area contributed by atoms with E-state index in [0.29, 0.717) is 13.0 Å². The van der Waals surface area contributed by atoms with Gasteiger partial charge in [0.15, 0.2) is 0 Å². The third-order valence-corrected chi connectivity index (χ3v) is 2.87. The molecule has 1 aromatic heterocycles. The number of benzene rings is 1. The number of hydrogen-bond acceptors (Lipinski definition) is 3. The van der Waals surface area contributed by atoms with Crippen molar-refractivity contribution in [2.45, 2.75) is 26.8 Å². The summed E-state index contributed by atoms with van der Waals surface area (Å²) in [5, 5.41) is 6.18. The minimum atomic E-state index is 0.0170. The minimum absolute atomic E-state index is 0.0170. The lowest BCUT2D eigenvalue weighted by Gasteiger charge is -2.11. The molecule has 0 radical (unpaired) electrons. The molecule has 0 spiro atoms. The number of nitrogens with zero attached hydrogens (tertiary/aromatic N) is 1. The Labute approximate surface area is 112 Å². The van der Waals surface area contributed by atoms with Crippen LogP contribution in [0.25, 0.3) is 0 Å². The van der Waals surface area contributed by atoms with Gasteiger partial charge in [0.2, 0.25) is 5.91 Å². The van der Waals surface area contributed by atoms with E-state index < -0.39 is 0 Å². The van der Waals surface area contributed by atoms with Gasteiger partial charge >= 0.3 is 0 Å². The van der Waals surface area contributed by atoms with Crippen molar-refractivity contribution in [3.05, 3.63) is 42.0 Å². The fourth-order valence-corrected chi connectivity index (χ4v) is 1.71. The number of rotatable bonds is 5. The van der Waals surface area contributed by atoms with E-state index in [9.17, 15) is 4.79 Å². The van der Waals surface area contributed by atoms with Crippen molar-refractivity contribution in [1.29, 1.82) is 0 Å². The summed E-state index contributed by atoms with van der Waals surface area (Å²) in [6.45, 7) is 4.54. The number of hydrogen-bond donors (Lipinski definition) is 3. The Hall–Kier alpha value is -2.30. The summed E-state index contributed by atoms with van der Waals surface area (Å²) in [5.41, 5.74) is 3.96. The van der Waals surface area contributed by atoms with Gasteiger partial charge in [-0.15, -0.1) is 0 Å². The van der Waals surface area contributed by atoms with Crippen molar-refractivity contribution in [2.24, 2.45) is 0 Å². The summed E-state index contributed by atoms with van der Waals surface area (Å²) in [5.74, 6) is 0.0170. The van der Waals surface area contributed by atoms with E-state index in [0.717, 1.165) is 22.6 Å². The first-order valence-electron chi connectivity index (χ1n) is 6.30. The summed E-state index contributed by atoms with van der Waals surface area (Å²) < 4.78 is 0. The van der Waals surface area contributed by atoms with E-state index in [2.05, 4.69) is 20.6 Å². The smallest absolute Gasteiger partial charge is 0.224 e. The van der Waals surface area contributed by atoms with Crippen molar-refractivity contribution in [1.82, 2.24) is 9.97 Å². The van der Waals surface area contributed by atoms with Crippen molar-refractivity contribution in [3.63, 3.8) is 0 Å². The molecule has 0 saturated heterocycles. The average molecular weight is 258 g/mol. The van der Waals surface area contributed by atoms with E-state index in [-0.39, 0.29) is 5.91 Å². The first-order chi connectivity index (χ1) is 9.19. The SMILES string of the molecule is CCC(=O)Nc1ccc(C)c(NCc2cnc[nH]2)c1. The summed E-state index contributed by atoms with van der Waals surface area (Å²) in [6, 6.07) is 5.84. The number of carbonyl (C=O) groups excluding carboxylic acids is 1. The molecule has 1 amide bonds. The fraction of sp³-hybridized carbons (Fsp3) is 0.286. The van der Waals surface area contributed by atoms with Gasteiger partial charge in [-0.25, -0.2) is 4.98 Å². The lowest BCUT2D eigenvalue weighted by Crippen LogP contribution is -2.10. The van der Waals surface area contributed by atoms with E-state index in [1.54, 1.807) is 12.5 Å². The van der Waals surface area contributed by atoms with Gasteiger partial charge in [-0.1, -0.05) is 13.0 Å². The Morgan fingerprint density at radius 3 is 2.95 bits per heavy atom. The largest absolute Gasteiger partial charge is 0.379 e. The average Bonchev–Trinajstić information content (AvgIpc) is 2.92. The number of aromatic nitrogens is 2. The maximum absolute atomic E-state index is 11.4. The summed E-state index contributed by atoms with van der Waals surface area (Å²) in [6.07, 6.45) is 3.91. The van der Waals surface area contributed by atoms with Crippen molar-refractivity contribution in [3.8, 4) is 0 Å². The van der Waals surface area contributed by atoms with Crippen LogP contribution in [0.4, 0.5) is 11.4 Å². The zero-order valence-corrected chi connectivity index (χ0v) is 11.2. The topological polar surface area (TPSA) is 69.8 Å². The summed E-state index contributed by atoms with van der Waals surface area (Å²) in [4.78, 5) is 18.4.